The SMILES string of the molecule is Cc1cc(C)c2nc(C)cc(C(=O)N3CC[C@H]4CC[C@@H](C3)N4C)c2c1. The highest BCUT2D eigenvalue weighted by atomic mass is 16.2. The van der Waals surface area contributed by atoms with E-state index >= 15 is 0 Å². The molecule has 2 aliphatic heterocycles. The van der Waals surface area contributed by atoms with Crippen LogP contribution in [-0.4, -0.2) is 52.9 Å². The minimum absolute atomic E-state index is 0.168. The average Bonchev–Trinajstić information content (AvgIpc) is 2.79. The van der Waals surface area contributed by atoms with Gasteiger partial charge in [-0.25, -0.2) is 0 Å². The average molecular weight is 337 g/mol. The summed E-state index contributed by atoms with van der Waals surface area (Å²) in [7, 11) is 2.22. The van der Waals surface area contributed by atoms with Gasteiger partial charge in [0.2, 0.25) is 0 Å². The summed E-state index contributed by atoms with van der Waals surface area (Å²) in [4.78, 5) is 22.7. The van der Waals surface area contributed by atoms with E-state index in [0.29, 0.717) is 12.1 Å². The summed E-state index contributed by atoms with van der Waals surface area (Å²) in [5.74, 6) is 0.168. The van der Waals surface area contributed by atoms with Crippen LogP contribution in [0.1, 0.15) is 46.4 Å². The highest BCUT2D eigenvalue weighted by molar-refractivity contribution is 6.07. The Morgan fingerprint density at radius 3 is 2.64 bits per heavy atom. The van der Waals surface area contributed by atoms with Gasteiger partial charge in [0.05, 0.1) is 11.1 Å². The topological polar surface area (TPSA) is 36.4 Å². The standard InChI is InChI=1S/C21H27N3O/c1-13-9-14(2)20-18(10-13)19(11-15(3)22-20)21(25)24-8-7-16-5-6-17(12-24)23(16)4/h9-11,16-17H,5-8,12H2,1-4H3/t16-,17+/m1/s1. The largest absolute Gasteiger partial charge is 0.337 e. The van der Waals surface area contributed by atoms with Crippen LogP contribution >= 0.6 is 0 Å². The molecule has 2 aromatic rings. The molecule has 0 N–H and O–H groups in total. The number of aromatic nitrogens is 1. The molecule has 2 saturated heterocycles. The maximum atomic E-state index is 13.4. The fourth-order valence-electron chi connectivity index (χ4n) is 4.65. The van der Waals surface area contributed by atoms with Gasteiger partial charge in [-0.3, -0.25) is 14.7 Å². The van der Waals surface area contributed by atoms with Crippen molar-refractivity contribution in [3.8, 4) is 0 Å². The molecule has 0 radical (unpaired) electrons. The lowest BCUT2D eigenvalue weighted by molar-refractivity contribution is 0.0742. The molecule has 4 heteroatoms. The quantitative estimate of drug-likeness (QED) is 0.799. The molecule has 1 amide bonds. The van der Waals surface area contributed by atoms with Gasteiger partial charge in [-0.1, -0.05) is 11.6 Å². The summed E-state index contributed by atoms with van der Waals surface area (Å²) in [5, 5.41) is 0.996. The number of likely N-dealkylation sites (N-methyl/N-ethyl adjacent to an activating group) is 1. The van der Waals surface area contributed by atoms with Gasteiger partial charge in [0.15, 0.2) is 0 Å². The number of carbonyl (C=O) groups excluding carboxylic acids is 1. The molecule has 4 rings (SSSR count). The van der Waals surface area contributed by atoms with E-state index in [9.17, 15) is 4.79 Å². The van der Waals surface area contributed by atoms with Crippen LogP contribution in [0.25, 0.3) is 10.9 Å². The van der Waals surface area contributed by atoms with Gasteiger partial charge < -0.3 is 4.90 Å². The van der Waals surface area contributed by atoms with Crippen molar-refractivity contribution in [2.75, 3.05) is 20.1 Å². The molecule has 25 heavy (non-hydrogen) atoms. The van der Waals surface area contributed by atoms with E-state index in [4.69, 9.17) is 4.98 Å². The molecule has 2 atom stereocenters. The molecule has 1 aromatic heterocycles. The molecule has 4 nitrogen and oxygen atoms in total. The van der Waals surface area contributed by atoms with Gasteiger partial charge >= 0.3 is 0 Å². The second kappa shape index (κ2) is 6.10. The maximum Gasteiger partial charge on any atom is 0.254 e. The smallest absolute Gasteiger partial charge is 0.254 e. The predicted octanol–water partition coefficient (Wildman–Crippen LogP) is 3.47. The van der Waals surface area contributed by atoms with Crippen molar-refractivity contribution < 1.29 is 4.79 Å². The van der Waals surface area contributed by atoms with E-state index in [1.165, 1.54) is 18.4 Å². The van der Waals surface area contributed by atoms with E-state index in [-0.39, 0.29) is 5.91 Å². The number of rotatable bonds is 1. The van der Waals surface area contributed by atoms with Crippen molar-refractivity contribution in [3.63, 3.8) is 0 Å². The van der Waals surface area contributed by atoms with Crippen molar-refractivity contribution in [1.82, 2.24) is 14.8 Å². The van der Waals surface area contributed by atoms with Crippen LogP contribution in [-0.2, 0) is 0 Å². The van der Waals surface area contributed by atoms with Crippen molar-refractivity contribution in [1.29, 1.82) is 0 Å². The number of pyridine rings is 1. The Balaban J connectivity index is 1.75. The molecule has 0 aliphatic carbocycles. The third kappa shape index (κ3) is 2.82. The monoisotopic (exact) mass is 337 g/mol. The minimum atomic E-state index is 0.168. The van der Waals surface area contributed by atoms with Crippen LogP contribution < -0.4 is 0 Å². The van der Waals surface area contributed by atoms with Crippen molar-refractivity contribution in [2.24, 2.45) is 0 Å². The molecule has 132 valence electrons. The summed E-state index contributed by atoms with van der Waals surface area (Å²) in [6, 6.07) is 7.37. The first-order valence-corrected chi connectivity index (χ1v) is 9.34. The number of hydrogen-bond donors (Lipinski definition) is 0. The van der Waals surface area contributed by atoms with Crippen LogP contribution in [0, 0.1) is 20.8 Å². The van der Waals surface area contributed by atoms with Crippen LogP contribution in [0.3, 0.4) is 0 Å². The first-order valence-electron chi connectivity index (χ1n) is 9.34. The molecule has 2 fully saturated rings. The first kappa shape index (κ1) is 16.5. The van der Waals surface area contributed by atoms with Gasteiger partial charge in [0.25, 0.3) is 5.91 Å². The Hall–Kier alpha value is -1.94. The van der Waals surface area contributed by atoms with E-state index in [2.05, 4.69) is 42.8 Å². The van der Waals surface area contributed by atoms with E-state index in [0.717, 1.165) is 47.2 Å². The molecular formula is C21H27N3O. The molecular weight excluding hydrogens is 310 g/mol. The number of nitrogens with zero attached hydrogens (tertiary/aromatic N) is 3. The van der Waals surface area contributed by atoms with Gasteiger partial charge in [0, 0.05) is 36.3 Å². The summed E-state index contributed by atoms with van der Waals surface area (Å²) in [6.07, 6.45) is 3.57. The summed E-state index contributed by atoms with van der Waals surface area (Å²) in [5.41, 5.74) is 5.01. The zero-order valence-corrected chi connectivity index (χ0v) is 15.7. The Labute approximate surface area is 149 Å². The molecule has 1 aromatic carbocycles. The minimum Gasteiger partial charge on any atom is -0.337 e. The van der Waals surface area contributed by atoms with Crippen molar-refractivity contribution in [2.45, 2.75) is 52.1 Å². The molecule has 3 heterocycles. The fraction of sp³-hybridized carbons (Fsp3) is 0.524. The van der Waals surface area contributed by atoms with Crippen LogP contribution in [0.4, 0.5) is 0 Å². The van der Waals surface area contributed by atoms with Gasteiger partial charge in [-0.05, 0) is 64.8 Å². The molecule has 0 saturated carbocycles. The third-order valence-electron chi connectivity index (χ3n) is 6.04. The number of amides is 1. The molecule has 2 bridgehead atoms. The van der Waals surface area contributed by atoms with Crippen molar-refractivity contribution >= 4 is 16.8 Å². The number of benzene rings is 1. The summed E-state index contributed by atoms with van der Waals surface area (Å²) >= 11 is 0. The predicted molar refractivity (Wildman–Crippen MR) is 101 cm³/mol. The lowest BCUT2D eigenvalue weighted by Gasteiger charge is -2.26. The van der Waals surface area contributed by atoms with Crippen molar-refractivity contribution in [3.05, 3.63) is 40.6 Å². The highest BCUT2D eigenvalue weighted by Crippen LogP contribution is 2.30. The Bertz CT molecular complexity index is 845. The van der Waals surface area contributed by atoms with Crippen LogP contribution in [0.15, 0.2) is 18.2 Å². The second-order valence-corrected chi connectivity index (χ2v) is 7.88. The summed E-state index contributed by atoms with van der Waals surface area (Å²) < 4.78 is 0. The number of likely N-dealkylation sites (tertiary alicyclic amines) is 1. The van der Waals surface area contributed by atoms with Crippen LogP contribution in [0.2, 0.25) is 0 Å². The Morgan fingerprint density at radius 2 is 1.84 bits per heavy atom. The fourth-order valence-corrected chi connectivity index (χ4v) is 4.65. The number of hydrogen-bond acceptors (Lipinski definition) is 3. The lowest BCUT2D eigenvalue weighted by atomic mass is 10.00. The molecule has 0 unspecified atom stereocenters. The Morgan fingerprint density at radius 1 is 1.08 bits per heavy atom. The zero-order chi connectivity index (χ0) is 17.7. The van der Waals surface area contributed by atoms with E-state index < -0.39 is 0 Å². The lowest BCUT2D eigenvalue weighted by Crippen LogP contribution is -2.39. The van der Waals surface area contributed by atoms with Crippen LogP contribution in [0.5, 0.6) is 0 Å². The number of aryl methyl sites for hydroxylation is 3. The third-order valence-corrected chi connectivity index (χ3v) is 6.04. The van der Waals surface area contributed by atoms with E-state index in [1.54, 1.807) is 0 Å². The van der Waals surface area contributed by atoms with Gasteiger partial charge in [-0.15, -0.1) is 0 Å². The number of fused-ring (bicyclic) bond motifs is 3. The molecule has 2 aliphatic rings. The van der Waals surface area contributed by atoms with E-state index in [1.807, 2.05) is 13.0 Å². The Kier molecular flexibility index (Phi) is 4.03. The van der Waals surface area contributed by atoms with Gasteiger partial charge in [0.1, 0.15) is 0 Å². The van der Waals surface area contributed by atoms with Gasteiger partial charge in [-0.2, -0.15) is 0 Å². The maximum absolute atomic E-state index is 13.4. The normalized spacial score (nSPS) is 23.9. The summed E-state index contributed by atoms with van der Waals surface area (Å²) in [6.45, 7) is 7.85. The molecule has 0 spiro atoms. The number of carbonyl (C=O) groups is 1. The second-order valence-electron chi connectivity index (χ2n) is 7.88. The first-order chi connectivity index (χ1) is 11.9. The highest BCUT2D eigenvalue weighted by Gasteiger charge is 2.36. The zero-order valence-electron chi connectivity index (χ0n) is 15.7.